The van der Waals surface area contributed by atoms with Gasteiger partial charge in [0.2, 0.25) is 0 Å². The maximum Gasteiger partial charge on any atom is 0.254 e. The van der Waals surface area contributed by atoms with Crippen molar-refractivity contribution in [1.29, 1.82) is 0 Å². The fourth-order valence-electron chi connectivity index (χ4n) is 2.44. The molecule has 18 heavy (non-hydrogen) atoms. The molecule has 2 heterocycles. The van der Waals surface area contributed by atoms with Gasteiger partial charge in [-0.05, 0) is 32.1 Å². The summed E-state index contributed by atoms with van der Waals surface area (Å²) < 4.78 is 1.79. The third-order valence-corrected chi connectivity index (χ3v) is 3.90. The Kier molecular flexibility index (Phi) is 2.89. The Morgan fingerprint density at radius 1 is 1.50 bits per heavy atom. The molecular formula is C13H19N5. The van der Waals surface area contributed by atoms with Crippen LogP contribution in [0, 0.1) is 5.92 Å². The molecule has 2 aromatic heterocycles. The number of hydrogen-bond acceptors (Lipinski definition) is 4. The molecule has 0 saturated heterocycles. The van der Waals surface area contributed by atoms with E-state index in [0.29, 0.717) is 11.8 Å². The van der Waals surface area contributed by atoms with Crippen molar-refractivity contribution in [2.24, 2.45) is 5.92 Å². The van der Waals surface area contributed by atoms with Gasteiger partial charge in [0.25, 0.3) is 5.78 Å². The number of anilines is 1. The van der Waals surface area contributed by atoms with E-state index in [1.807, 2.05) is 0 Å². The van der Waals surface area contributed by atoms with Crippen LogP contribution in [0.1, 0.15) is 38.8 Å². The average Bonchev–Trinajstić information content (AvgIpc) is 2.74. The van der Waals surface area contributed by atoms with Crippen molar-refractivity contribution < 1.29 is 0 Å². The second kappa shape index (κ2) is 4.55. The fraction of sp³-hybridized carbons (Fsp3) is 0.615. The molecule has 3 rings (SSSR count). The van der Waals surface area contributed by atoms with Crippen LogP contribution in [-0.4, -0.2) is 25.6 Å². The Morgan fingerprint density at radius 2 is 2.33 bits per heavy atom. The zero-order valence-corrected chi connectivity index (χ0v) is 10.9. The Balaban J connectivity index is 1.91. The van der Waals surface area contributed by atoms with Crippen LogP contribution in [0.2, 0.25) is 0 Å². The molecule has 5 heteroatoms. The maximum absolute atomic E-state index is 4.45. The second-order valence-corrected chi connectivity index (χ2v) is 5.08. The zero-order valence-electron chi connectivity index (χ0n) is 10.9. The molecule has 1 fully saturated rings. The van der Waals surface area contributed by atoms with E-state index in [1.165, 1.54) is 19.3 Å². The monoisotopic (exact) mass is 245 g/mol. The Morgan fingerprint density at radius 3 is 3.00 bits per heavy atom. The van der Waals surface area contributed by atoms with Gasteiger partial charge in [-0.2, -0.15) is 14.6 Å². The van der Waals surface area contributed by atoms with Crippen LogP contribution in [0.4, 0.5) is 5.82 Å². The molecule has 1 aliphatic rings. The summed E-state index contributed by atoms with van der Waals surface area (Å²) in [5.74, 6) is 2.48. The summed E-state index contributed by atoms with van der Waals surface area (Å²) in [7, 11) is 0. The molecule has 1 aliphatic carbocycles. The van der Waals surface area contributed by atoms with Crippen molar-refractivity contribution in [3.63, 3.8) is 0 Å². The summed E-state index contributed by atoms with van der Waals surface area (Å²) in [5, 5.41) is 7.80. The summed E-state index contributed by atoms with van der Waals surface area (Å²) >= 11 is 0. The number of aromatic nitrogens is 4. The highest BCUT2D eigenvalue weighted by atomic mass is 15.4. The van der Waals surface area contributed by atoms with Gasteiger partial charge in [-0.15, -0.1) is 0 Å². The number of nitrogens with zero attached hydrogens (tertiary/aromatic N) is 4. The van der Waals surface area contributed by atoms with Gasteiger partial charge < -0.3 is 5.32 Å². The van der Waals surface area contributed by atoms with Crippen LogP contribution in [0.3, 0.4) is 0 Å². The van der Waals surface area contributed by atoms with E-state index in [4.69, 9.17) is 0 Å². The minimum absolute atomic E-state index is 0.484. The van der Waals surface area contributed by atoms with Crippen LogP contribution in [0.15, 0.2) is 12.4 Å². The van der Waals surface area contributed by atoms with Crippen molar-refractivity contribution >= 4 is 11.6 Å². The van der Waals surface area contributed by atoms with Gasteiger partial charge in [0, 0.05) is 17.8 Å². The van der Waals surface area contributed by atoms with E-state index in [0.717, 1.165) is 23.9 Å². The van der Waals surface area contributed by atoms with Gasteiger partial charge in [0.15, 0.2) is 0 Å². The van der Waals surface area contributed by atoms with Crippen molar-refractivity contribution in [3.8, 4) is 0 Å². The Bertz CT molecular complexity index is 543. The highest BCUT2D eigenvalue weighted by Crippen LogP contribution is 2.31. The van der Waals surface area contributed by atoms with E-state index in [2.05, 4.69) is 40.3 Å². The van der Waals surface area contributed by atoms with E-state index in [1.54, 1.807) is 10.8 Å². The van der Waals surface area contributed by atoms with Crippen LogP contribution in [-0.2, 0) is 6.42 Å². The molecule has 1 atom stereocenters. The molecule has 0 radical (unpaired) electrons. The Labute approximate surface area is 107 Å². The van der Waals surface area contributed by atoms with Gasteiger partial charge >= 0.3 is 0 Å². The van der Waals surface area contributed by atoms with Gasteiger partial charge in [-0.1, -0.05) is 13.3 Å². The SMILES string of the molecule is CCc1cc(NC(C)C2CCC2)n2ncnc2n1. The normalized spacial score (nSPS) is 17.7. The topological polar surface area (TPSA) is 55.1 Å². The minimum Gasteiger partial charge on any atom is -0.367 e. The summed E-state index contributed by atoms with van der Waals surface area (Å²) in [4.78, 5) is 8.63. The number of rotatable bonds is 4. The largest absolute Gasteiger partial charge is 0.367 e. The number of hydrogen-bond donors (Lipinski definition) is 1. The molecule has 0 aliphatic heterocycles. The molecular weight excluding hydrogens is 226 g/mol. The summed E-state index contributed by atoms with van der Waals surface area (Å²) in [6, 6.07) is 2.56. The molecule has 2 aromatic rings. The van der Waals surface area contributed by atoms with Crippen molar-refractivity contribution in [3.05, 3.63) is 18.1 Å². The lowest BCUT2D eigenvalue weighted by atomic mass is 9.80. The highest BCUT2D eigenvalue weighted by Gasteiger charge is 2.24. The van der Waals surface area contributed by atoms with Gasteiger partial charge in [-0.25, -0.2) is 4.98 Å². The van der Waals surface area contributed by atoms with Crippen molar-refractivity contribution in [2.45, 2.75) is 45.6 Å². The summed E-state index contributed by atoms with van der Waals surface area (Å²) in [6.07, 6.45) is 6.50. The van der Waals surface area contributed by atoms with Gasteiger partial charge in [0.1, 0.15) is 12.1 Å². The molecule has 1 unspecified atom stereocenters. The number of fused-ring (bicyclic) bond motifs is 1. The Hall–Kier alpha value is -1.65. The molecule has 5 nitrogen and oxygen atoms in total. The third-order valence-electron chi connectivity index (χ3n) is 3.90. The van der Waals surface area contributed by atoms with E-state index < -0.39 is 0 Å². The lowest BCUT2D eigenvalue weighted by Gasteiger charge is -2.32. The molecule has 0 aromatic carbocycles. The zero-order chi connectivity index (χ0) is 12.5. The number of nitrogens with one attached hydrogen (secondary N) is 1. The first-order valence-corrected chi connectivity index (χ1v) is 6.74. The van der Waals surface area contributed by atoms with E-state index >= 15 is 0 Å². The van der Waals surface area contributed by atoms with Crippen molar-refractivity contribution in [1.82, 2.24) is 19.6 Å². The quantitative estimate of drug-likeness (QED) is 0.898. The second-order valence-electron chi connectivity index (χ2n) is 5.08. The first-order chi connectivity index (χ1) is 8.78. The predicted octanol–water partition coefficient (Wildman–Crippen LogP) is 2.29. The van der Waals surface area contributed by atoms with Gasteiger partial charge in [0.05, 0.1) is 0 Å². The summed E-state index contributed by atoms with van der Waals surface area (Å²) in [5.41, 5.74) is 1.05. The molecule has 96 valence electrons. The molecule has 0 bridgehead atoms. The maximum atomic E-state index is 4.45. The van der Waals surface area contributed by atoms with Crippen LogP contribution in [0.5, 0.6) is 0 Å². The molecule has 1 saturated carbocycles. The lowest BCUT2D eigenvalue weighted by Crippen LogP contribution is -2.31. The first kappa shape index (κ1) is 11.4. The molecule has 0 amide bonds. The first-order valence-electron chi connectivity index (χ1n) is 6.74. The molecule has 1 N–H and O–H groups in total. The predicted molar refractivity (Wildman–Crippen MR) is 70.6 cm³/mol. The van der Waals surface area contributed by atoms with Crippen LogP contribution < -0.4 is 5.32 Å². The van der Waals surface area contributed by atoms with Gasteiger partial charge in [-0.3, -0.25) is 0 Å². The smallest absolute Gasteiger partial charge is 0.254 e. The third kappa shape index (κ3) is 1.94. The van der Waals surface area contributed by atoms with Crippen LogP contribution >= 0.6 is 0 Å². The van der Waals surface area contributed by atoms with Crippen molar-refractivity contribution in [2.75, 3.05) is 5.32 Å². The minimum atomic E-state index is 0.484. The standard InChI is InChI=1S/C13H19N5/c1-3-11-7-12(16-9(2)10-5-4-6-10)18-13(17-11)14-8-15-18/h7-10,16H,3-6H2,1-2H3. The number of aryl methyl sites for hydroxylation is 1. The highest BCUT2D eigenvalue weighted by molar-refractivity contribution is 5.45. The summed E-state index contributed by atoms with van der Waals surface area (Å²) in [6.45, 7) is 4.35. The average molecular weight is 245 g/mol. The van der Waals surface area contributed by atoms with Crippen LogP contribution in [0.25, 0.3) is 5.78 Å². The molecule has 0 spiro atoms. The lowest BCUT2D eigenvalue weighted by molar-refractivity contribution is 0.284. The van der Waals surface area contributed by atoms with E-state index in [-0.39, 0.29) is 0 Å². The fourth-order valence-corrected chi connectivity index (χ4v) is 2.44. The van der Waals surface area contributed by atoms with E-state index in [9.17, 15) is 0 Å².